The molecule has 0 spiro atoms. The van der Waals surface area contributed by atoms with Gasteiger partial charge in [-0.05, 0) is 19.8 Å². The highest BCUT2D eigenvalue weighted by molar-refractivity contribution is 7.11. The molecule has 1 aromatic heterocycles. The molecule has 2 rings (SSSR count). The Labute approximate surface area is 89.8 Å². The molecule has 2 nitrogen and oxygen atoms in total. The molecule has 1 aliphatic rings. The maximum absolute atomic E-state index is 4.44. The van der Waals surface area contributed by atoms with Crippen LogP contribution in [0.25, 0.3) is 0 Å². The van der Waals surface area contributed by atoms with Crippen molar-refractivity contribution < 1.29 is 0 Å². The van der Waals surface area contributed by atoms with Crippen LogP contribution >= 0.6 is 11.3 Å². The molecular weight excluding hydrogens is 192 g/mol. The summed E-state index contributed by atoms with van der Waals surface area (Å²) in [6, 6.07) is 1.25. The number of rotatable bonds is 4. The Balaban J connectivity index is 1.99. The standard InChI is InChI=1S/C11H18N2S/c1-7(2)11-12-6-10(14-11)8(3)13-9-4-5-9/h6-9,13H,4-5H2,1-3H3/t8-/m1/s1. The van der Waals surface area contributed by atoms with E-state index >= 15 is 0 Å². The van der Waals surface area contributed by atoms with E-state index < -0.39 is 0 Å². The van der Waals surface area contributed by atoms with Crippen molar-refractivity contribution in [3.8, 4) is 0 Å². The molecule has 0 bridgehead atoms. The lowest BCUT2D eigenvalue weighted by atomic mass is 10.2. The Bertz CT molecular complexity index is 302. The number of nitrogens with one attached hydrogen (secondary N) is 1. The first-order valence-electron chi connectivity index (χ1n) is 5.38. The molecule has 1 aliphatic carbocycles. The van der Waals surface area contributed by atoms with Crippen LogP contribution < -0.4 is 5.32 Å². The van der Waals surface area contributed by atoms with Gasteiger partial charge in [0.1, 0.15) is 0 Å². The zero-order valence-electron chi connectivity index (χ0n) is 9.08. The average Bonchev–Trinajstić information content (AvgIpc) is 2.81. The van der Waals surface area contributed by atoms with Crippen LogP contribution in [0.4, 0.5) is 0 Å². The molecule has 0 radical (unpaired) electrons. The van der Waals surface area contributed by atoms with Crippen LogP contribution in [-0.2, 0) is 0 Å². The largest absolute Gasteiger partial charge is 0.307 e. The molecular formula is C11H18N2S. The second-order valence-corrected chi connectivity index (χ2v) is 5.51. The van der Waals surface area contributed by atoms with Gasteiger partial charge in [-0.25, -0.2) is 4.98 Å². The first-order valence-corrected chi connectivity index (χ1v) is 6.20. The van der Waals surface area contributed by atoms with Crippen LogP contribution in [0.2, 0.25) is 0 Å². The Hall–Kier alpha value is -0.410. The SMILES string of the molecule is CC(C)c1ncc([C@@H](C)NC2CC2)s1. The van der Waals surface area contributed by atoms with Crippen LogP contribution in [0.15, 0.2) is 6.20 Å². The maximum atomic E-state index is 4.44. The van der Waals surface area contributed by atoms with Gasteiger partial charge in [0.15, 0.2) is 0 Å². The van der Waals surface area contributed by atoms with E-state index in [2.05, 4.69) is 31.1 Å². The third-order valence-electron chi connectivity index (χ3n) is 2.53. The van der Waals surface area contributed by atoms with Crippen LogP contribution in [0.3, 0.4) is 0 Å². The highest BCUT2D eigenvalue weighted by Crippen LogP contribution is 2.28. The summed E-state index contributed by atoms with van der Waals surface area (Å²) in [6.45, 7) is 6.62. The Morgan fingerprint density at radius 2 is 2.14 bits per heavy atom. The summed E-state index contributed by atoms with van der Waals surface area (Å²) in [5.74, 6) is 0.557. The molecule has 0 amide bonds. The van der Waals surface area contributed by atoms with Gasteiger partial charge in [0, 0.05) is 29.1 Å². The van der Waals surface area contributed by atoms with Gasteiger partial charge in [-0.1, -0.05) is 13.8 Å². The number of thiazole rings is 1. The maximum Gasteiger partial charge on any atom is 0.0953 e. The predicted octanol–water partition coefficient (Wildman–Crippen LogP) is 3.08. The van der Waals surface area contributed by atoms with Crippen molar-refractivity contribution >= 4 is 11.3 Å². The Morgan fingerprint density at radius 1 is 1.43 bits per heavy atom. The zero-order chi connectivity index (χ0) is 10.1. The molecule has 1 fully saturated rings. The van der Waals surface area contributed by atoms with E-state index in [0.717, 1.165) is 6.04 Å². The quantitative estimate of drug-likeness (QED) is 0.826. The van der Waals surface area contributed by atoms with E-state index in [1.54, 1.807) is 0 Å². The van der Waals surface area contributed by atoms with Crippen LogP contribution in [-0.4, -0.2) is 11.0 Å². The molecule has 1 atom stereocenters. The third kappa shape index (κ3) is 2.34. The fraction of sp³-hybridized carbons (Fsp3) is 0.727. The van der Waals surface area contributed by atoms with Crippen molar-refractivity contribution in [1.82, 2.24) is 10.3 Å². The molecule has 1 N–H and O–H groups in total. The van der Waals surface area contributed by atoms with Crippen molar-refractivity contribution in [2.45, 2.75) is 51.6 Å². The summed E-state index contributed by atoms with van der Waals surface area (Å²) >= 11 is 1.85. The number of aromatic nitrogens is 1. The van der Waals surface area contributed by atoms with E-state index in [0.29, 0.717) is 12.0 Å². The molecule has 0 saturated heterocycles. The van der Waals surface area contributed by atoms with Crippen molar-refractivity contribution in [3.05, 3.63) is 16.1 Å². The molecule has 1 aromatic rings. The lowest BCUT2D eigenvalue weighted by molar-refractivity contribution is 0.578. The normalized spacial score (nSPS) is 18.9. The minimum atomic E-state index is 0.479. The monoisotopic (exact) mass is 210 g/mol. The smallest absolute Gasteiger partial charge is 0.0953 e. The van der Waals surface area contributed by atoms with Gasteiger partial charge in [-0.15, -0.1) is 11.3 Å². The van der Waals surface area contributed by atoms with Crippen molar-refractivity contribution in [1.29, 1.82) is 0 Å². The van der Waals surface area contributed by atoms with Gasteiger partial charge in [-0.2, -0.15) is 0 Å². The second kappa shape index (κ2) is 3.99. The molecule has 0 unspecified atom stereocenters. The van der Waals surface area contributed by atoms with Gasteiger partial charge < -0.3 is 5.32 Å². The van der Waals surface area contributed by atoms with Gasteiger partial charge in [0.25, 0.3) is 0 Å². The lowest BCUT2D eigenvalue weighted by Crippen LogP contribution is -2.19. The summed E-state index contributed by atoms with van der Waals surface area (Å²) in [5.41, 5.74) is 0. The highest BCUT2D eigenvalue weighted by atomic mass is 32.1. The molecule has 14 heavy (non-hydrogen) atoms. The van der Waals surface area contributed by atoms with Gasteiger partial charge in [0.2, 0.25) is 0 Å². The van der Waals surface area contributed by atoms with Crippen molar-refractivity contribution in [3.63, 3.8) is 0 Å². The fourth-order valence-electron chi connectivity index (χ4n) is 1.45. The van der Waals surface area contributed by atoms with E-state index in [1.165, 1.54) is 22.7 Å². The zero-order valence-corrected chi connectivity index (χ0v) is 9.90. The first kappa shape index (κ1) is 10.1. The average molecular weight is 210 g/mol. The number of hydrogen-bond donors (Lipinski definition) is 1. The Morgan fingerprint density at radius 3 is 2.64 bits per heavy atom. The first-order chi connectivity index (χ1) is 6.66. The molecule has 1 saturated carbocycles. The Kier molecular flexibility index (Phi) is 2.88. The summed E-state index contributed by atoms with van der Waals surface area (Å²) in [6.07, 6.45) is 4.72. The second-order valence-electron chi connectivity index (χ2n) is 4.42. The molecule has 0 aliphatic heterocycles. The summed E-state index contributed by atoms with van der Waals surface area (Å²) in [5, 5.41) is 4.85. The summed E-state index contributed by atoms with van der Waals surface area (Å²) < 4.78 is 0. The predicted molar refractivity (Wildman–Crippen MR) is 60.8 cm³/mol. The molecule has 1 heterocycles. The molecule has 0 aromatic carbocycles. The van der Waals surface area contributed by atoms with Gasteiger partial charge >= 0.3 is 0 Å². The molecule has 3 heteroatoms. The highest BCUT2D eigenvalue weighted by Gasteiger charge is 2.24. The van der Waals surface area contributed by atoms with Gasteiger partial charge in [0.05, 0.1) is 5.01 Å². The van der Waals surface area contributed by atoms with E-state index in [4.69, 9.17) is 0 Å². The van der Waals surface area contributed by atoms with E-state index in [-0.39, 0.29) is 0 Å². The minimum Gasteiger partial charge on any atom is -0.307 e. The summed E-state index contributed by atoms with van der Waals surface area (Å²) in [4.78, 5) is 5.82. The number of nitrogens with zero attached hydrogens (tertiary/aromatic N) is 1. The van der Waals surface area contributed by atoms with Crippen molar-refractivity contribution in [2.75, 3.05) is 0 Å². The van der Waals surface area contributed by atoms with E-state index in [9.17, 15) is 0 Å². The summed E-state index contributed by atoms with van der Waals surface area (Å²) in [7, 11) is 0. The van der Waals surface area contributed by atoms with Crippen LogP contribution in [0, 0.1) is 0 Å². The minimum absolute atomic E-state index is 0.479. The lowest BCUT2D eigenvalue weighted by Gasteiger charge is -2.09. The third-order valence-corrected chi connectivity index (χ3v) is 4.01. The van der Waals surface area contributed by atoms with Crippen LogP contribution in [0.5, 0.6) is 0 Å². The topological polar surface area (TPSA) is 24.9 Å². The van der Waals surface area contributed by atoms with E-state index in [1.807, 2.05) is 17.5 Å². The van der Waals surface area contributed by atoms with Crippen LogP contribution in [0.1, 0.15) is 55.5 Å². The van der Waals surface area contributed by atoms with Gasteiger partial charge in [-0.3, -0.25) is 0 Å². The fourth-order valence-corrected chi connectivity index (χ4v) is 2.39. The molecule has 78 valence electrons. The number of hydrogen-bond acceptors (Lipinski definition) is 3. The van der Waals surface area contributed by atoms with Crippen molar-refractivity contribution in [2.24, 2.45) is 0 Å².